The lowest BCUT2D eigenvalue weighted by Gasteiger charge is -2.20. The fourth-order valence-electron chi connectivity index (χ4n) is 3.00. The van der Waals surface area contributed by atoms with E-state index in [1.54, 1.807) is 13.2 Å². The Hall–Kier alpha value is -1.70. The summed E-state index contributed by atoms with van der Waals surface area (Å²) < 4.78 is 33.9. The molecule has 0 unspecified atom stereocenters. The van der Waals surface area contributed by atoms with Gasteiger partial charge in [-0.1, -0.05) is 96.1 Å². The van der Waals surface area contributed by atoms with Crippen molar-refractivity contribution in [1.29, 1.82) is 0 Å². The summed E-state index contributed by atoms with van der Waals surface area (Å²) >= 11 is -0.147. The van der Waals surface area contributed by atoms with Crippen LogP contribution in [0.15, 0.2) is 83.8 Å². The van der Waals surface area contributed by atoms with Crippen LogP contribution < -0.4 is 21.2 Å². The molecule has 5 heteroatoms. The summed E-state index contributed by atoms with van der Waals surface area (Å²) in [5, 5.41) is 0. The van der Waals surface area contributed by atoms with Crippen LogP contribution in [-0.4, -0.2) is 13.0 Å². The van der Waals surface area contributed by atoms with Crippen molar-refractivity contribution in [2.75, 3.05) is 0 Å². The number of halogens is 1. The smallest absolute Gasteiger partial charge is 0.358 e. The molecule has 31 heavy (non-hydrogen) atoms. The average Bonchev–Trinajstić information content (AvgIpc) is 2.68. The third-order valence-electron chi connectivity index (χ3n) is 4.60. The monoisotopic (exact) mass is 550 g/mol. The van der Waals surface area contributed by atoms with E-state index in [0.717, 1.165) is 0 Å². The topological polar surface area (TPSA) is 57.2 Å². The SMILES string of the molecule is CC(C)(C)c1ccccc1[I+]c1ccccc1C(C)(C)C.O=S(=O)([O-])c1ccccc1. The van der Waals surface area contributed by atoms with Crippen molar-refractivity contribution in [2.24, 2.45) is 0 Å². The Bertz CT molecular complexity index is 1040. The van der Waals surface area contributed by atoms with Crippen LogP contribution >= 0.6 is 0 Å². The molecule has 0 fully saturated rings. The Kier molecular flexibility index (Phi) is 8.47. The van der Waals surface area contributed by atoms with Gasteiger partial charge >= 0.3 is 21.2 Å². The van der Waals surface area contributed by atoms with Crippen LogP contribution in [0, 0.1) is 7.14 Å². The second kappa shape index (κ2) is 10.3. The lowest BCUT2D eigenvalue weighted by molar-refractivity contribution is -0.599. The van der Waals surface area contributed by atoms with Crippen LogP contribution in [0.2, 0.25) is 0 Å². The molecule has 0 heterocycles. The van der Waals surface area contributed by atoms with Crippen molar-refractivity contribution in [3.8, 4) is 0 Å². The molecule has 166 valence electrons. The summed E-state index contributed by atoms with van der Waals surface area (Å²) in [7, 11) is -4.25. The van der Waals surface area contributed by atoms with E-state index in [-0.39, 0.29) is 36.9 Å². The van der Waals surface area contributed by atoms with Crippen molar-refractivity contribution in [1.82, 2.24) is 0 Å². The molecule has 0 saturated carbocycles. The molecule has 0 aromatic heterocycles. The Morgan fingerprint density at radius 1 is 0.613 bits per heavy atom. The highest BCUT2D eigenvalue weighted by atomic mass is 127. The Labute approximate surface area is 197 Å². The highest BCUT2D eigenvalue weighted by molar-refractivity contribution is 7.85. The molecule has 0 aliphatic heterocycles. The molecule has 0 radical (unpaired) electrons. The fraction of sp³-hybridized carbons (Fsp3) is 0.308. The molecule has 0 saturated heterocycles. The van der Waals surface area contributed by atoms with Gasteiger partial charge in [0.1, 0.15) is 10.1 Å². The zero-order valence-electron chi connectivity index (χ0n) is 19.0. The summed E-state index contributed by atoms with van der Waals surface area (Å²) in [6.07, 6.45) is 0. The molecule has 3 aromatic carbocycles. The summed E-state index contributed by atoms with van der Waals surface area (Å²) in [6, 6.07) is 25.2. The van der Waals surface area contributed by atoms with Crippen LogP contribution in [0.4, 0.5) is 0 Å². The maximum atomic E-state index is 10.3. The molecule has 0 bridgehead atoms. The zero-order valence-corrected chi connectivity index (χ0v) is 22.0. The first-order chi connectivity index (χ1) is 14.3. The van der Waals surface area contributed by atoms with E-state index >= 15 is 0 Å². The number of benzene rings is 3. The van der Waals surface area contributed by atoms with Gasteiger partial charge in [-0.25, -0.2) is 8.42 Å². The minimum Gasteiger partial charge on any atom is -0.744 e. The number of hydrogen-bond acceptors (Lipinski definition) is 3. The van der Waals surface area contributed by atoms with E-state index in [2.05, 4.69) is 90.1 Å². The van der Waals surface area contributed by atoms with Crippen molar-refractivity contribution < 1.29 is 34.2 Å². The largest absolute Gasteiger partial charge is 0.744 e. The van der Waals surface area contributed by atoms with Crippen LogP contribution in [0.1, 0.15) is 52.7 Å². The van der Waals surface area contributed by atoms with Gasteiger partial charge in [-0.15, -0.1) is 0 Å². The van der Waals surface area contributed by atoms with E-state index in [1.807, 2.05) is 0 Å². The molecule has 0 aliphatic rings. The molecule has 0 spiro atoms. The van der Waals surface area contributed by atoms with E-state index in [0.29, 0.717) is 0 Å². The van der Waals surface area contributed by atoms with E-state index < -0.39 is 10.1 Å². The molecular formula is C26H31IO3S. The third-order valence-corrected chi connectivity index (χ3v) is 8.49. The molecule has 0 N–H and O–H groups in total. The molecule has 3 aromatic rings. The quantitative estimate of drug-likeness (QED) is 0.372. The molecule has 3 nitrogen and oxygen atoms in total. The van der Waals surface area contributed by atoms with Crippen molar-refractivity contribution in [3.05, 3.63) is 97.1 Å². The summed E-state index contributed by atoms with van der Waals surface area (Å²) in [5.74, 6) is 0. The van der Waals surface area contributed by atoms with Crippen molar-refractivity contribution in [2.45, 2.75) is 57.3 Å². The predicted molar refractivity (Wildman–Crippen MR) is 122 cm³/mol. The van der Waals surface area contributed by atoms with E-state index in [4.69, 9.17) is 0 Å². The Morgan fingerprint density at radius 2 is 0.968 bits per heavy atom. The molecule has 0 atom stereocenters. The summed E-state index contributed by atoms with van der Waals surface area (Å²) in [4.78, 5) is -0.185. The van der Waals surface area contributed by atoms with Gasteiger partial charge < -0.3 is 4.55 Å². The summed E-state index contributed by atoms with van der Waals surface area (Å²) in [6.45, 7) is 13.9. The first-order valence-corrected chi connectivity index (χ1v) is 13.7. The van der Waals surface area contributed by atoms with Gasteiger partial charge in [0.15, 0.2) is 7.14 Å². The van der Waals surface area contributed by atoms with Gasteiger partial charge in [0.05, 0.1) is 4.90 Å². The molecule has 0 aliphatic carbocycles. The van der Waals surface area contributed by atoms with Crippen molar-refractivity contribution >= 4 is 10.1 Å². The lowest BCUT2D eigenvalue weighted by atomic mass is 9.87. The maximum Gasteiger partial charge on any atom is 0.358 e. The molecular weight excluding hydrogens is 519 g/mol. The van der Waals surface area contributed by atoms with Crippen molar-refractivity contribution in [3.63, 3.8) is 0 Å². The van der Waals surface area contributed by atoms with E-state index in [9.17, 15) is 13.0 Å². The van der Waals surface area contributed by atoms with Gasteiger partial charge in [-0.2, -0.15) is 0 Å². The first-order valence-electron chi connectivity index (χ1n) is 10.1. The number of rotatable bonds is 3. The fourth-order valence-corrected chi connectivity index (χ4v) is 7.45. The minimum absolute atomic E-state index is 0.147. The van der Waals surface area contributed by atoms with E-state index in [1.165, 1.54) is 35.4 Å². The lowest BCUT2D eigenvalue weighted by Crippen LogP contribution is -3.62. The maximum absolute atomic E-state index is 10.3. The van der Waals surface area contributed by atoms with Crippen LogP contribution in [0.25, 0.3) is 0 Å². The zero-order chi connectivity index (χ0) is 23.3. The second-order valence-corrected chi connectivity index (χ2v) is 13.6. The molecule has 0 amide bonds. The third kappa shape index (κ3) is 7.74. The van der Waals surface area contributed by atoms with Gasteiger partial charge in [0, 0.05) is 11.1 Å². The van der Waals surface area contributed by atoms with Gasteiger partial charge in [0.25, 0.3) is 0 Å². The Morgan fingerprint density at radius 3 is 1.29 bits per heavy atom. The summed E-state index contributed by atoms with van der Waals surface area (Å²) in [5.41, 5.74) is 3.43. The normalized spacial score (nSPS) is 12.1. The minimum atomic E-state index is -4.25. The van der Waals surface area contributed by atoms with Gasteiger partial charge in [-0.3, -0.25) is 0 Å². The predicted octanol–water partition coefficient (Wildman–Crippen LogP) is 3.00. The van der Waals surface area contributed by atoms with Crippen LogP contribution in [-0.2, 0) is 20.9 Å². The van der Waals surface area contributed by atoms with Gasteiger partial charge in [-0.05, 0) is 35.1 Å². The Balaban J connectivity index is 0.000000285. The molecule has 3 rings (SSSR count). The van der Waals surface area contributed by atoms with Crippen LogP contribution in [0.3, 0.4) is 0 Å². The second-order valence-electron chi connectivity index (χ2n) is 9.32. The highest BCUT2D eigenvalue weighted by Gasteiger charge is 2.30. The number of hydrogen-bond donors (Lipinski definition) is 0. The van der Waals surface area contributed by atoms with Crippen LogP contribution in [0.5, 0.6) is 0 Å². The average molecular weight is 551 g/mol. The highest BCUT2D eigenvalue weighted by Crippen LogP contribution is 2.23. The first kappa shape index (κ1) is 25.6. The standard InChI is InChI=1S/C20H26I.C6H6O3S/c1-19(2,3)15-11-7-9-13-17(15)21-18-14-10-8-12-16(18)20(4,5)6;7-10(8,9)6-4-2-1-3-5-6/h7-14H,1-6H3;1-5H,(H,7,8,9)/q+1;/p-1. The van der Waals surface area contributed by atoms with Gasteiger partial charge in [0.2, 0.25) is 0 Å².